The van der Waals surface area contributed by atoms with Crippen molar-refractivity contribution >= 4 is 17.5 Å². The molecule has 2 nitrogen and oxygen atoms in total. The number of hydrogen-bond donors (Lipinski definition) is 0. The van der Waals surface area contributed by atoms with Crippen LogP contribution >= 0.6 is 11.6 Å². The highest BCUT2D eigenvalue weighted by Gasteiger charge is 2.07. The molecule has 0 atom stereocenters. The van der Waals surface area contributed by atoms with Gasteiger partial charge in [-0.2, -0.15) is 0 Å². The summed E-state index contributed by atoms with van der Waals surface area (Å²) in [6, 6.07) is 7.75. The third-order valence-corrected chi connectivity index (χ3v) is 2.17. The van der Waals surface area contributed by atoms with Crippen LogP contribution in [-0.2, 0) is 11.2 Å². The van der Waals surface area contributed by atoms with Crippen molar-refractivity contribution in [1.82, 2.24) is 0 Å². The van der Waals surface area contributed by atoms with Gasteiger partial charge in [0, 0.05) is 11.4 Å². The molecule has 1 aromatic rings. The highest BCUT2D eigenvalue weighted by atomic mass is 35.5. The number of nitrogens with zero attached hydrogens (tertiary/aromatic N) is 1. The Labute approximate surface area is 82.2 Å². The number of halogens is 1. The normalized spacial score (nSPS) is 15.3. The Kier molecular flexibility index (Phi) is 2.50. The maximum atomic E-state index is 5.77. The zero-order valence-corrected chi connectivity index (χ0v) is 7.92. The lowest BCUT2D eigenvalue weighted by Crippen LogP contribution is -2.02. The van der Waals surface area contributed by atoms with Gasteiger partial charge in [0.05, 0.1) is 6.54 Å². The molecule has 0 saturated heterocycles. The summed E-state index contributed by atoms with van der Waals surface area (Å²) in [6.07, 6.45) is 0.775. The molecule has 1 aromatic carbocycles. The van der Waals surface area contributed by atoms with Crippen molar-refractivity contribution in [3.05, 3.63) is 34.9 Å². The van der Waals surface area contributed by atoms with Gasteiger partial charge in [-0.05, 0) is 17.7 Å². The predicted molar refractivity (Wildman–Crippen MR) is 53.4 cm³/mol. The first-order chi connectivity index (χ1) is 6.34. The van der Waals surface area contributed by atoms with Gasteiger partial charge >= 0.3 is 0 Å². The zero-order valence-electron chi connectivity index (χ0n) is 7.16. The molecule has 2 rings (SSSR count). The molecule has 0 saturated carbocycles. The van der Waals surface area contributed by atoms with E-state index in [0.29, 0.717) is 0 Å². The summed E-state index contributed by atoms with van der Waals surface area (Å²) in [5.74, 6) is 0.835. The quantitative estimate of drug-likeness (QED) is 0.710. The van der Waals surface area contributed by atoms with Crippen LogP contribution in [0.4, 0.5) is 0 Å². The average Bonchev–Trinajstić information content (AvgIpc) is 2.62. The molecule has 1 aliphatic heterocycles. The third-order valence-electron chi connectivity index (χ3n) is 1.92. The summed E-state index contributed by atoms with van der Waals surface area (Å²) in [4.78, 5) is 4.21. The van der Waals surface area contributed by atoms with E-state index in [9.17, 15) is 0 Å². The van der Waals surface area contributed by atoms with E-state index >= 15 is 0 Å². The molecule has 1 aliphatic rings. The van der Waals surface area contributed by atoms with Gasteiger partial charge in [0.15, 0.2) is 5.90 Å². The number of hydrogen-bond acceptors (Lipinski definition) is 2. The second-order valence-electron chi connectivity index (χ2n) is 2.93. The minimum Gasteiger partial charge on any atom is -0.479 e. The van der Waals surface area contributed by atoms with Crippen molar-refractivity contribution in [3.8, 4) is 0 Å². The summed E-state index contributed by atoms with van der Waals surface area (Å²) in [6.45, 7) is 1.52. The fourth-order valence-corrected chi connectivity index (χ4v) is 1.39. The average molecular weight is 196 g/mol. The molecule has 0 aromatic heterocycles. The van der Waals surface area contributed by atoms with Gasteiger partial charge in [-0.3, -0.25) is 4.99 Å². The van der Waals surface area contributed by atoms with E-state index < -0.39 is 0 Å². The van der Waals surface area contributed by atoms with Crippen LogP contribution in [0.3, 0.4) is 0 Å². The number of ether oxygens (including phenoxy) is 1. The molecule has 1 heterocycles. The van der Waals surface area contributed by atoms with Gasteiger partial charge < -0.3 is 4.74 Å². The largest absolute Gasteiger partial charge is 0.479 e. The maximum absolute atomic E-state index is 5.77. The SMILES string of the molecule is Clc1ccc(CC2=NCCO2)cc1. The summed E-state index contributed by atoms with van der Waals surface area (Å²) in [7, 11) is 0. The van der Waals surface area contributed by atoms with E-state index in [2.05, 4.69) is 4.99 Å². The molecule has 0 radical (unpaired) electrons. The molecule has 0 N–H and O–H groups in total. The molecular weight excluding hydrogens is 186 g/mol. The van der Waals surface area contributed by atoms with Crippen molar-refractivity contribution < 1.29 is 4.74 Å². The Morgan fingerprint density at radius 3 is 2.69 bits per heavy atom. The molecule has 0 aliphatic carbocycles. The van der Waals surface area contributed by atoms with Crippen LogP contribution in [0.2, 0.25) is 5.02 Å². The highest BCUT2D eigenvalue weighted by Crippen LogP contribution is 2.11. The van der Waals surface area contributed by atoms with E-state index in [1.165, 1.54) is 5.56 Å². The van der Waals surface area contributed by atoms with Gasteiger partial charge in [0.25, 0.3) is 0 Å². The third kappa shape index (κ3) is 2.22. The summed E-state index contributed by atoms with van der Waals surface area (Å²) < 4.78 is 5.30. The first-order valence-corrected chi connectivity index (χ1v) is 4.63. The van der Waals surface area contributed by atoms with E-state index in [4.69, 9.17) is 16.3 Å². The summed E-state index contributed by atoms with van der Waals surface area (Å²) in [5.41, 5.74) is 1.19. The minimum absolute atomic E-state index is 0.725. The fraction of sp³-hybridized carbons (Fsp3) is 0.300. The number of benzene rings is 1. The second kappa shape index (κ2) is 3.79. The molecule has 0 spiro atoms. The molecule has 0 unspecified atom stereocenters. The monoisotopic (exact) mass is 195 g/mol. The first kappa shape index (κ1) is 8.57. The van der Waals surface area contributed by atoms with Crippen LogP contribution in [0.15, 0.2) is 29.3 Å². The van der Waals surface area contributed by atoms with Crippen LogP contribution in [0.5, 0.6) is 0 Å². The Bertz CT molecular complexity index is 318. The van der Waals surface area contributed by atoms with Crippen molar-refractivity contribution in [2.45, 2.75) is 6.42 Å². The first-order valence-electron chi connectivity index (χ1n) is 4.25. The minimum atomic E-state index is 0.725. The maximum Gasteiger partial charge on any atom is 0.187 e. The van der Waals surface area contributed by atoms with Gasteiger partial charge in [-0.25, -0.2) is 0 Å². The standard InChI is InChI=1S/C10H10ClNO/c11-9-3-1-8(2-4-9)7-10-12-5-6-13-10/h1-4H,5-7H2. The number of rotatable bonds is 2. The summed E-state index contributed by atoms with van der Waals surface area (Å²) in [5, 5.41) is 0.762. The van der Waals surface area contributed by atoms with E-state index in [0.717, 1.165) is 30.5 Å². The molecule has 13 heavy (non-hydrogen) atoms. The molecule has 68 valence electrons. The Morgan fingerprint density at radius 1 is 1.31 bits per heavy atom. The number of aliphatic imine (C=N–C) groups is 1. The van der Waals surface area contributed by atoms with Crippen molar-refractivity contribution in [2.24, 2.45) is 4.99 Å². The van der Waals surface area contributed by atoms with Gasteiger partial charge in [-0.1, -0.05) is 23.7 Å². The second-order valence-corrected chi connectivity index (χ2v) is 3.36. The van der Waals surface area contributed by atoms with Gasteiger partial charge in [-0.15, -0.1) is 0 Å². The summed E-state index contributed by atoms with van der Waals surface area (Å²) >= 11 is 5.77. The lowest BCUT2D eigenvalue weighted by molar-refractivity contribution is 0.341. The van der Waals surface area contributed by atoms with Gasteiger partial charge in [0.2, 0.25) is 0 Å². The lowest BCUT2D eigenvalue weighted by Gasteiger charge is -2.01. The van der Waals surface area contributed by atoms with Crippen molar-refractivity contribution in [1.29, 1.82) is 0 Å². The van der Waals surface area contributed by atoms with E-state index in [1.54, 1.807) is 0 Å². The van der Waals surface area contributed by atoms with Crippen molar-refractivity contribution in [3.63, 3.8) is 0 Å². The van der Waals surface area contributed by atoms with Crippen LogP contribution in [0.1, 0.15) is 5.56 Å². The molecule has 0 fully saturated rings. The molecule has 0 bridgehead atoms. The highest BCUT2D eigenvalue weighted by molar-refractivity contribution is 6.30. The Morgan fingerprint density at radius 2 is 2.08 bits per heavy atom. The fourth-order valence-electron chi connectivity index (χ4n) is 1.26. The molecule has 3 heteroatoms. The van der Waals surface area contributed by atoms with Crippen molar-refractivity contribution in [2.75, 3.05) is 13.2 Å². The van der Waals surface area contributed by atoms with Crippen LogP contribution in [-0.4, -0.2) is 19.0 Å². The Balaban J connectivity index is 2.05. The molecule has 0 amide bonds. The van der Waals surface area contributed by atoms with Gasteiger partial charge in [0.1, 0.15) is 6.61 Å². The molecular formula is C10H10ClNO. The topological polar surface area (TPSA) is 21.6 Å². The van der Waals surface area contributed by atoms with E-state index in [1.807, 2.05) is 24.3 Å². The van der Waals surface area contributed by atoms with Crippen LogP contribution in [0, 0.1) is 0 Å². The zero-order chi connectivity index (χ0) is 9.10. The smallest absolute Gasteiger partial charge is 0.187 e. The Hall–Kier alpha value is -1.02. The van der Waals surface area contributed by atoms with Crippen LogP contribution in [0.25, 0.3) is 0 Å². The van der Waals surface area contributed by atoms with E-state index in [-0.39, 0.29) is 0 Å². The predicted octanol–water partition coefficient (Wildman–Crippen LogP) is 2.31. The lowest BCUT2D eigenvalue weighted by atomic mass is 10.1. The van der Waals surface area contributed by atoms with Crippen LogP contribution < -0.4 is 0 Å².